The minimum atomic E-state index is -0.0661. The summed E-state index contributed by atoms with van der Waals surface area (Å²) >= 11 is 1.38. The predicted molar refractivity (Wildman–Crippen MR) is 121 cm³/mol. The molecule has 0 atom stereocenters. The summed E-state index contributed by atoms with van der Waals surface area (Å²) < 4.78 is 7.88. The van der Waals surface area contributed by atoms with Crippen LogP contribution in [0.4, 0.5) is 5.69 Å². The van der Waals surface area contributed by atoms with Crippen molar-refractivity contribution in [3.05, 3.63) is 64.5 Å². The minimum Gasteiger partial charge on any atom is -0.486 e. The zero-order valence-corrected chi connectivity index (χ0v) is 19.0. The highest BCUT2D eigenvalue weighted by Gasteiger charge is 2.14. The van der Waals surface area contributed by atoms with Gasteiger partial charge in [0.05, 0.1) is 5.75 Å². The molecular formula is C23H28N4O2S. The molecule has 1 heterocycles. The highest BCUT2D eigenvalue weighted by atomic mass is 32.2. The fourth-order valence-electron chi connectivity index (χ4n) is 3.18. The number of thioether (sulfide) groups is 1. The Bertz CT molecular complexity index is 1030. The molecule has 30 heavy (non-hydrogen) atoms. The molecule has 1 N–H and O–H groups in total. The summed E-state index contributed by atoms with van der Waals surface area (Å²) in [5, 5.41) is 12.2. The number of amides is 1. The maximum atomic E-state index is 12.4. The lowest BCUT2D eigenvalue weighted by Crippen LogP contribution is -2.15. The molecule has 0 unspecified atom stereocenters. The third-order valence-corrected chi connectivity index (χ3v) is 5.76. The van der Waals surface area contributed by atoms with Crippen LogP contribution < -0.4 is 10.1 Å². The number of ether oxygens (including phenoxy) is 1. The largest absolute Gasteiger partial charge is 0.486 e. The topological polar surface area (TPSA) is 69.0 Å². The number of nitrogens with zero attached hydrogens (tertiary/aromatic N) is 3. The third-order valence-electron chi connectivity index (χ3n) is 4.79. The molecule has 3 aromatic rings. The highest BCUT2D eigenvalue weighted by Crippen LogP contribution is 2.21. The Hall–Kier alpha value is -2.80. The van der Waals surface area contributed by atoms with Crippen LogP contribution in [0.1, 0.15) is 35.0 Å². The van der Waals surface area contributed by atoms with Crippen molar-refractivity contribution in [2.45, 2.75) is 52.9 Å². The standard InChI is InChI=1S/C23H28N4O2S/c1-6-27-21(13-29-20-8-7-17(4)18(5)12-20)25-26-23(27)30-14-22(28)24-19-10-15(2)9-16(3)11-19/h7-12H,6,13-14H2,1-5H3,(H,24,28). The number of nitrogens with one attached hydrogen (secondary N) is 1. The first-order valence-corrected chi connectivity index (χ1v) is 11.0. The van der Waals surface area contributed by atoms with Crippen LogP contribution in [0.3, 0.4) is 0 Å². The molecule has 6 nitrogen and oxygen atoms in total. The van der Waals surface area contributed by atoms with Crippen molar-refractivity contribution < 1.29 is 9.53 Å². The van der Waals surface area contributed by atoms with Crippen molar-refractivity contribution in [1.82, 2.24) is 14.8 Å². The van der Waals surface area contributed by atoms with Crippen LogP contribution in [0.2, 0.25) is 0 Å². The summed E-state index contributed by atoms with van der Waals surface area (Å²) in [6.07, 6.45) is 0. The molecule has 0 aliphatic carbocycles. The van der Waals surface area contributed by atoms with E-state index in [1.807, 2.05) is 55.7 Å². The van der Waals surface area contributed by atoms with E-state index in [0.29, 0.717) is 18.3 Å². The van der Waals surface area contributed by atoms with Crippen molar-refractivity contribution in [3.63, 3.8) is 0 Å². The van der Waals surface area contributed by atoms with E-state index in [9.17, 15) is 4.79 Å². The number of benzene rings is 2. The van der Waals surface area contributed by atoms with E-state index in [1.54, 1.807) is 0 Å². The highest BCUT2D eigenvalue weighted by molar-refractivity contribution is 7.99. The van der Waals surface area contributed by atoms with Crippen LogP contribution in [0.25, 0.3) is 0 Å². The van der Waals surface area contributed by atoms with E-state index in [-0.39, 0.29) is 11.7 Å². The fraction of sp³-hybridized carbons (Fsp3) is 0.348. The first-order valence-electron chi connectivity index (χ1n) is 9.98. The van der Waals surface area contributed by atoms with Gasteiger partial charge >= 0.3 is 0 Å². The second-order valence-corrected chi connectivity index (χ2v) is 8.33. The molecular weight excluding hydrogens is 396 g/mol. The number of hydrogen-bond donors (Lipinski definition) is 1. The van der Waals surface area contributed by atoms with Crippen molar-refractivity contribution in [1.29, 1.82) is 0 Å². The van der Waals surface area contributed by atoms with Gasteiger partial charge in [0.2, 0.25) is 5.91 Å². The van der Waals surface area contributed by atoms with Gasteiger partial charge in [0.15, 0.2) is 11.0 Å². The number of carbonyl (C=O) groups is 1. The Morgan fingerprint density at radius 2 is 1.77 bits per heavy atom. The Balaban J connectivity index is 1.59. The maximum absolute atomic E-state index is 12.4. The van der Waals surface area contributed by atoms with Gasteiger partial charge in [-0.15, -0.1) is 10.2 Å². The van der Waals surface area contributed by atoms with E-state index in [0.717, 1.165) is 28.4 Å². The SMILES string of the molecule is CCn1c(COc2ccc(C)c(C)c2)nnc1SCC(=O)Nc1cc(C)cc(C)c1. The predicted octanol–water partition coefficient (Wildman–Crippen LogP) is 4.84. The van der Waals surface area contributed by atoms with Crippen LogP contribution in [-0.2, 0) is 17.9 Å². The van der Waals surface area contributed by atoms with Gasteiger partial charge in [0, 0.05) is 12.2 Å². The first kappa shape index (κ1) is 21.9. The number of carbonyl (C=O) groups excluding carboxylic acids is 1. The molecule has 1 amide bonds. The Morgan fingerprint density at radius 3 is 2.43 bits per heavy atom. The Labute approximate surface area is 182 Å². The van der Waals surface area contributed by atoms with Gasteiger partial charge in [-0.3, -0.25) is 4.79 Å². The molecule has 0 saturated carbocycles. The molecule has 1 aromatic heterocycles. The van der Waals surface area contributed by atoms with Crippen molar-refractivity contribution >= 4 is 23.4 Å². The van der Waals surface area contributed by atoms with E-state index >= 15 is 0 Å². The summed E-state index contributed by atoms with van der Waals surface area (Å²) in [6.45, 7) is 11.2. The molecule has 2 aromatic carbocycles. The normalized spacial score (nSPS) is 10.8. The lowest BCUT2D eigenvalue weighted by Gasteiger charge is -2.10. The molecule has 0 aliphatic heterocycles. The summed E-state index contributed by atoms with van der Waals surface area (Å²) in [6, 6.07) is 12.0. The molecule has 0 bridgehead atoms. The number of rotatable bonds is 8. The first-order chi connectivity index (χ1) is 14.4. The molecule has 3 rings (SSSR count). The molecule has 0 radical (unpaired) electrons. The van der Waals surface area contributed by atoms with Gasteiger partial charge in [-0.25, -0.2) is 0 Å². The Morgan fingerprint density at radius 1 is 1.03 bits per heavy atom. The Kier molecular flexibility index (Phi) is 7.15. The van der Waals surface area contributed by atoms with Crippen molar-refractivity contribution in [2.24, 2.45) is 0 Å². The number of anilines is 1. The van der Waals surface area contributed by atoms with E-state index in [2.05, 4.69) is 35.4 Å². The number of aryl methyl sites for hydroxylation is 4. The lowest BCUT2D eigenvalue weighted by molar-refractivity contribution is -0.113. The monoisotopic (exact) mass is 424 g/mol. The van der Waals surface area contributed by atoms with Gasteiger partial charge in [-0.2, -0.15) is 0 Å². The second-order valence-electron chi connectivity index (χ2n) is 7.39. The molecule has 0 aliphatic rings. The van der Waals surface area contributed by atoms with Gasteiger partial charge in [0.25, 0.3) is 0 Å². The lowest BCUT2D eigenvalue weighted by atomic mass is 10.1. The number of aromatic nitrogens is 3. The van der Waals surface area contributed by atoms with Gasteiger partial charge < -0.3 is 14.6 Å². The van der Waals surface area contributed by atoms with Crippen LogP contribution >= 0.6 is 11.8 Å². The molecule has 0 fully saturated rings. The van der Waals surface area contributed by atoms with Crippen molar-refractivity contribution in [2.75, 3.05) is 11.1 Å². The van der Waals surface area contributed by atoms with Gasteiger partial charge in [0.1, 0.15) is 12.4 Å². The zero-order valence-electron chi connectivity index (χ0n) is 18.2. The minimum absolute atomic E-state index is 0.0661. The summed E-state index contributed by atoms with van der Waals surface area (Å²) in [5.74, 6) is 1.76. The van der Waals surface area contributed by atoms with Gasteiger partial charge in [-0.05, 0) is 81.1 Å². The molecule has 0 saturated heterocycles. The quantitative estimate of drug-likeness (QED) is 0.524. The summed E-state index contributed by atoms with van der Waals surface area (Å²) in [7, 11) is 0. The van der Waals surface area contributed by atoms with Crippen molar-refractivity contribution in [3.8, 4) is 5.75 Å². The van der Waals surface area contributed by atoms with Crippen LogP contribution in [0.15, 0.2) is 41.6 Å². The van der Waals surface area contributed by atoms with Crippen LogP contribution in [0.5, 0.6) is 5.75 Å². The maximum Gasteiger partial charge on any atom is 0.234 e. The van der Waals surface area contributed by atoms with Crippen LogP contribution in [-0.4, -0.2) is 26.4 Å². The van der Waals surface area contributed by atoms with Crippen LogP contribution in [0, 0.1) is 27.7 Å². The summed E-state index contributed by atoms with van der Waals surface area (Å²) in [5.41, 5.74) is 5.49. The number of hydrogen-bond acceptors (Lipinski definition) is 5. The third kappa shape index (κ3) is 5.63. The average molecular weight is 425 g/mol. The molecule has 158 valence electrons. The van der Waals surface area contributed by atoms with Gasteiger partial charge in [-0.1, -0.05) is 23.9 Å². The van der Waals surface area contributed by atoms with E-state index < -0.39 is 0 Å². The average Bonchev–Trinajstić information content (AvgIpc) is 3.08. The summed E-state index contributed by atoms with van der Waals surface area (Å²) in [4.78, 5) is 12.4. The molecule has 0 spiro atoms. The zero-order chi connectivity index (χ0) is 21.7. The van der Waals surface area contributed by atoms with E-state index in [1.165, 1.54) is 22.9 Å². The molecule has 7 heteroatoms. The fourth-order valence-corrected chi connectivity index (χ4v) is 4.00. The smallest absolute Gasteiger partial charge is 0.234 e. The second kappa shape index (κ2) is 9.80. The van der Waals surface area contributed by atoms with E-state index in [4.69, 9.17) is 4.74 Å².